The maximum atomic E-state index is 11.8. The minimum Gasteiger partial charge on any atom is -0.370 e. The lowest BCUT2D eigenvalue weighted by Crippen LogP contribution is -2.40. The van der Waals surface area contributed by atoms with Crippen LogP contribution in [0.5, 0.6) is 0 Å². The van der Waals surface area contributed by atoms with Crippen LogP contribution in [0.25, 0.3) is 0 Å². The molecule has 2 aromatic rings. The quantitative estimate of drug-likeness (QED) is 0.695. The van der Waals surface area contributed by atoms with Gasteiger partial charge in [0.2, 0.25) is 0 Å². The van der Waals surface area contributed by atoms with E-state index >= 15 is 0 Å². The molecule has 0 fully saturated rings. The molecule has 0 saturated heterocycles. The first kappa shape index (κ1) is 17.8. The summed E-state index contributed by atoms with van der Waals surface area (Å²) in [6.45, 7) is 8.05. The molecule has 1 aromatic carbocycles. The Labute approximate surface area is 143 Å². The second-order valence-electron chi connectivity index (χ2n) is 5.76. The van der Waals surface area contributed by atoms with Gasteiger partial charge >= 0.3 is 6.03 Å². The number of anilines is 1. The van der Waals surface area contributed by atoms with Crippen molar-refractivity contribution < 1.29 is 4.79 Å². The molecule has 0 radical (unpaired) electrons. The van der Waals surface area contributed by atoms with E-state index in [1.54, 1.807) is 12.5 Å². The normalized spacial score (nSPS) is 10.4. The Morgan fingerprint density at radius 2 is 2.12 bits per heavy atom. The molecule has 1 heterocycles. The fourth-order valence-corrected chi connectivity index (χ4v) is 2.54. The zero-order chi connectivity index (χ0) is 17.2. The predicted molar refractivity (Wildman–Crippen MR) is 97.3 cm³/mol. The van der Waals surface area contributed by atoms with Gasteiger partial charge in [-0.3, -0.25) is 0 Å². The van der Waals surface area contributed by atoms with Crippen molar-refractivity contribution in [3.05, 3.63) is 48.5 Å². The van der Waals surface area contributed by atoms with E-state index in [0.717, 1.165) is 26.1 Å². The third-order valence-corrected chi connectivity index (χ3v) is 3.85. The zero-order valence-electron chi connectivity index (χ0n) is 14.5. The number of carbonyl (C=O) groups is 1. The van der Waals surface area contributed by atoms with Gasteiger partial charge in [-0.05, 0) is 38.0 Å². The molecule has 2 amide bonds. The lowest BCUT2D eigenvalue weighted by atomic mass is 10.2. The number of nitrogens with one attached hydrogen (secondary N) is 2. The van der Waals surface area contributed by atoms with E-state index in [1.165, 1.54) is 11.3 Å². The fraction of sp³-hybridized carbons (Fsp3) is 0.444. The summed E-state index contributed by atoms with van der Waals surface area (Å²) in [4.78, 5) is 18.1. The van der Waals surface area contributed by atoms with Gasteiger partial charge in [0.25, 0.3) is 0 Å². The van der Waals surface area contributed by atoms with E-state index in [1.807, 2.05) is 10.8 Å². The first-order valence-electron chi connectivity index (χ1n) is 8.48. The van der Waals surface area contributed by atoms with Crippen LogP contribution in [-0.4, -0.2) is 41.8 Å². The average molecular weight is 329 g/mol. The Bertz CT molecular complexity index is 612. The topological polar surface area (TPSA) is 62.2 Å². The Morgan fingerprint density at radius 1 is 1.29 bits per heavy atom. The van der Waals surface area contributed by atoms with Gasteiger partial charge in [-0.1, -0.05) is 12.1 Å². The highest BCUT2D eigenvalue weighted by Gasteiger charge is 2.05. The zero-order valence-corrected chi connectivity index (χ0v) is 14.5. The molecule has 0 bridgehead atoms. The lowest BCUT2D eigenvalue weighted by molar-refractivity contribution is 0.241. The van der Waals surface area contributed by atoms with Crippen LogP contribution in [-0.2, 0) is 6.54 Å². The summed E-state index contributed by atoms with van der Waals surface area (Å²) in [7, 11) is 0. The second-order valence-corrected chi connectivity index (χ2v) is 5.76. The van der Waals surface area contributed by atoms with Crippen molar-refractivity contribution in [2.45, 2.75) is 26.8 Å². The highest BCUT2D eigenvalue weighted by Crippen LogP contribution is 2.14. The number of benzene rings is 1. The molecular formula is C18H27N5O. The number of aromatic nitrogens is 2. The number of imidazole rings is 1. The van der Waals surface area contributed by atoms with Crippen molar-refractivity contribution in [1.29, 1.82) is 0 Å². The van der Waals surface area contributed by atoms with Gasteiger partial charge in [-0.2, -0.15) is 0 Å². The summed E-state index contributed by atoms with van der Waals surface area (Å²) in [6.07, 6.45) is 6.34. The molecule has 0 aliphatic carbocycles. The fourth-order valence-electron chi connectivity index (χ4n) is 2.54. The number of hydrogen-bond donors (Lipinski definition) is 2. The van der Waals surface area contributed by atoms with Crippen LogP contribution in [0.4, 0.5) is 10.5 Å². The van der Waals surface area contributed by atoms with E-state index in [9.17, 15) is 4.79 Å². The number of urea groups is 1. The van der Waals surface area contributed by atoms with E-state index in [0.29, 0.717) is 13.1 Å². The highest BCUT2D eigenvalue weighted by molar-refractivity contribution is 5.73. The van der Waals surface area contributed by atoms with Crippen molar-refractivity contribution in [3.63, 3.8) is 0 Å². The molecule has 2 N–H and O–H groups in total. The molecule has 1 aromatic heterocycles. The van der Waals surface area contributed by atoms with Crippen molar-refractivity contribution in [3.8, 4) is 0 Å². The summed E-state index contributed by atoms with van der Waals surface area (Å²) in [6, 6.07) is 8.31. The summed E-state index contributed by atoms with van der Waals surface area (Å²) in [5, 5.41) is 5.80. The SMILES string of the molecule is CCN(CCNC(=O)NCCCn1ccnc1)c1cccc(C)c1. The third kappa shape index (κ3) is 5.95. The van der Waals surface area contributed by atoms with Crippen LogP contribution >= 0.6 is 0 Å². The van der Waals surface area contributed by atoms with E-state index < -0.39 is 0 Å². The molecule has 2 rings (SSSR count). The number of rotatable bonds is 9. The Kier molecular flexibility index (Phi) is 7.14. The van der Waals surface area contributed by atoms with E-state index in [-0.39, 0.29) is 6.03 Å². The molecule has 0 spiro atoms. The number of nitrogens with zero attached hydrogens (tertiary/aromatic N) is 3. The van der Waals surface area contributed by atoms with Crippen LogP contribution in [0.3, 0.4) is 0 Å². The van der Waals surface area contributed by atoms with Crippen LogP contribution in [0.15, 0.2) is 43.0 Å². The summed E-state index contributed by atoms with van der Waals surface area (Å²) >= 11 is 0. The Morgan fingerprint density at radius 3 is 2.83 bits per heavy atom. The van der Waals surface area contributed by atoms with Crippen molar-refractivity contribution in [1.82, 2.24) is 20.2 Å². The van der Waals surface area contributed by atoms with E-state index in [4.69, 9.17) is 0 Å². The molecule has 0 aliphatic rings. The summed E-state index contributed by atoms with van der Waals surface area (Å²) in [5.74, 6) is 0. The van der Waals surface area contributed by atoms with Crippen LogP contribution in [0.1, 0.15) is 18.9 Å². The third-order valence-electron chi connectivity index (χ3n) is 3.85. The first-order chi connectivity index (χ1) is 11.7. The van der Waals surface area contributed by atoms with Gasteiger partial charge in [0.1, 0.15) is 0 Å². The molecule has 0 unspecified atom stereocenters. The van der Waals surface area contributed by atoms with Gasteiger partial charge in [-0.15, -0.1) is 0 Å². The maximum absolute atomic E-state index is 11.8. The molecule has 0 saturated carbocycles. The number of likely N-dealkylation sites (N-methyl/N-ethyl adjacent to an activating group) is 1. The highest BCUT2D eigenvalue weighted by atomic mass is 16.2. The maximum Gasteiger partial charge on any atom is 0.314 e. The van der Waals surface area contributed by atoms with Gasteiger partial charge in [-0.25, -0.2) is 9.78 Å². The summed E-state index contributed by atoms with van der Waals surface area (Å²) < 4.78 is 2.00. The Hall–Kier alpha value is -2.50. The van der Waals surface area contributed by atoms with Crippen LogP contribution < -0.4 is 15.5 Å². The number of aryl methyl sites for hydroxylation is 2. The summed E-state index contributed by atoms with van der Waals surface area (Å²) in [5.41, 5.74) is 2.44. The van der Waals surface area contributed by atoms with Crippen molar-refractivity contribution >= 4 is 11.7 Å². The van der Waals surface area contributed by atoms with Gasteiger partial charge < -0.3 is 20.1 Å². The minimum atomic E-state index is -0.110. The van der Waals surface area contributed by atoms with Crippen molar-refractivity contribution in [2.75, 3.05) is 31.1 Å². The lowest BCUT2D eigenvalue weighted by Gasteiger charge is -2.23. The number of amides is 2. The average Bonchev–Trinajstić information content (AvgIpc) is 3.09. The second kappa shape index (κ2) is 9.60. The van der Waals surface area contributed by atoms with Gasteiger partial charge in [0.05, 0.1) is 6.33 Å². The number of hydrogen-bond acceptors (Lipinski definition) is 3. The molecular weight excluding hydrogens is 302 g/mol. The van der Waals surface area contributed by atoms with Gasteiger partial charge in [0, 0.05) is 50.8 Å². The van der Waals surface area contributed by atoms with Crippen LogP contribution in [0.2, 0.25) is 0 Å². The minimum absolute atomic E-state index is 0.110. The largest absolute Gasteiger partial charge is 0.370 e. The van der Waals surface area contributed by atoms with Gasteiger partial charge in [0.15, 0.2) is 0 Å². The first-order valence-corrected chi connectivity index (χ1v) is 8.48. The number of carbonyl (C=O) groups excluding carboxylic acids is 1. The predicted octanol–water partition coefficient (Wildman–Crippen LogP) is 2.41. The standard InChI is InChI=1S/C18H27N5O/c1-3-23(17-7-4-6-16(2)14-17)13-10-21-18(24)20-8-5-11-22-12-9-19-15-22/h4,6-7,9,12,14-15H,3,5,8,10-11,13H2,1-2H3,(H2,20,21,24). The Balaban J connectivity index is 1.62. The molecule has 0 atom stereocenters. The smallest absolute Gasteiger partial charge is 0.314 e. The molecule has 0 aliphatic heterocycles. The monoisotopic (exact) mass is 329 g/mol. The molecule has 24 heavy (non-hydrogen) atoms. The molecule has 130 valence electrons. The van der Waals surface area contributed by atoms with E-state index in [2.05, 4.69) is 58.6 Å². The van der Waals surface area contributed by atoms with Crippen molar-refractivity contribution in [2.24, 2.45) is 0 Å². The van der Waals surface area contributed by atoms with Crippen LogP contribution in [0, 0.1) is 6.92 Å². The molecule has 6 heteroatoms. The molecule has 6 nitrogen and oxygen atoms in total.